The molecular weight excluding hydrogens is 301 g/mol. The van der Waals surface area contributed by atoms with Crippen molar-refractivity contribution in [3.63, 3.8) is 0 Å². The Labute approximate surface area is 135 Å². The van der Waals surface area contributed by atoms with E-state index >= 15 is 0 Å². The van der Waals surface area contributed by atoms with E-state index in [-0.39, 0.29) is 30.7 Å². The number of amides is 2. The number of hydrogen-bond acceptors (Lipinski definition) is 4. The van der Waals surface area contributed by atoms with Gasteiger partial charge in [0.15, 0.2) is 0 Å². The van der Waals surface area contributed by atoms with Crippen LogP contribution < -0.4 is 15.5 Å². The summed E-state index contributed by atoms with van der Waals surface area (Å²) >= 11 is 0. The molecule has 0 aliphatic carbocycles. The van der Waals surface area contributed by atoms with E-state index in [1.807, 2.05) is 18.7 Å². The quantitative estimate of drug-likeness (QED) is 0.791. The number of hydrogen-bond donors (Lipinski definition) is 3. The molecule has 1 fully saturated rings. The maximum absolute atomic E-state index is 14.4. The van der Waals surface area contributed by atoms with E-state index in [0.717, 1.165) is 0 Å². The van der Waals surface area contributed by atoms with Crippen LogP contribution >= 0.6 is 0 Å². The summed E-state index contributed by atoms with van der Waals surface area (Å²) in [5, 5.41) is 14.0. The van der Waals surface area contributed by atoms with Crippen LogP contribution in [-0.2, 0) is 4.74 Å². The zero-order chi connectivity index (χ0) is 17.0. The van der Waals surface area contributed by atoms with Gasteiger partial charge in [-0.1, -0.05) is 0 Å². The standard InChI is InChI=1S/C16H24FN3O3/c1-10(9-21)18-16(22)19-13-4-5-15(14(17)6-13)20-7-11(2)23-12(3)8-20/h4-6,10-12,21H,7-9H2,1-3H3,(H2,18,19,22)/t10-,11-,12-/m1/s1. The summed E-state index contributed by atoms with van der Waals surface area (Å²) in [5.41, 5.74) is 0.866. The number of halogens is 1. The topological polar surface area (TPSA) is 73.8 Å². The lowest BCUT2D eigenvalue weighted by Crippen LogP contribution is -2.45. The van der Waals surface area contributed by atoms with Crippen molar-refractivity contribution in [2.45, 2.75) is 39.0 Å². The molecule has 0 unspecified atom stereocenters. The van der Waals surface area contributed by atoms with Gasteiger partial charge in [0.2, 0.25) is 0 Å². The molecule has 0 saturated carbocycles. The van der Waals surface area contributed by atoms with Crippen molar-refractivity contribution in [2.75, 3.05) is 29.9 Å². The van der Waals surface area contributed by atoms with Crippen molar-refractivity contribution < 1.29 is 19.0 Å². The van der Waals surface area contributed by atoms with Crippen molar-refractivity contribution in [1.29, 1.82) is 0 Å². The van der Waals surface area contributed by atoms with Crippen LogP contribution in [0.2, 0.25) is 0 Å². The largest absolute Gasteiger partial charge is 0.394 e. The molecule has 1 saturated heterocycles. The van der Waals surface area contributed by atoms with E-state index in [2.05, 4.69) is 10.6 Å². The normalized spacial score (nSPS) is 22.6. The summed E-state index contributed by atoms with van der Waals surface area (Å²) in [6, 6.07) is 3.77. The Bertz CT molecular complexity index is 545. The molecule has 1 aromatic carbocycles. The molecule has 3 N–H and O–H groups in total. The Kier molecular flexibility index (Phi) is 5.79. The maximum atomic E-state index is 14.4. The van der Waals surface area contributed by atoms with Gasteiger partial charge in [-0.2, -0.15) is 0 Å². The Morgan fingerprint density at radius 2 is 2.09 bits per heavy atom. The van der Waals surface area contributed by atoms with Gasteiger partial charge in [0.1, 0.15) is 5.82 Å². The number of nitrogens with zero attached hydrogens (tertiary/aromatic N) is 1. The minimum absolute atomic E-state index is 0.0432. The molecular formula is C16H24FN3O3. The van der Waals surface area contributed by atoms with Crippen LogP contribution in [0, 0.1) is 5.82 Å². The lowest BCUT2D eigenvalue weighted by atomic mass is 10.2. The number of aliphatic hydroxyl groups excluding tert-OH is 1. The first-order valence-corrected chi connectivity index (χ1v) is 7.77. The number of morpholine rings is 1. The molecule has 0 aromatic heterocycles. The number of aliphatic hydroxyl groups is 1. The fourth-order valence-corrected chi connectivity index (χ4v) is 2.65. The van der Waals surface area contributed by atoms with Crippen molar-refractivity contribution in [3.05, 3.63) is 24.0 Å². The van der Waals surface area contributed by atoms with E-state index in [0.29, 0.717) is 24.5 Å². The Hall–Kier alpha value is -1.86. The number of urea groups is 1. The van der Waals surface area contributed by atoms with Gasteiger partial charge >= 0.3 is 6.03 Å². The summed E-state index contributed by atoms with van der Waals surface area (Å²) in [4.78, 5) is 13.6. The number of rotatable bonds is 4. The SMILES string of the molecule is C[C@H](CO)NC(=O)Nc1ccc(N2C[C@@H](C)O[C@H](C)C2)c(F)c1. The van der Waals surface area contributed by atoms with Gasteiger partial charge in [0.05, 0.1) is 30.5 Å². The summed E-state index contributed by atoms with van der Waals surface area (Å²) < 4.78 is 20.0. The van der Waals surface area contributed by atoms with Crippen molar-refractivity contribution in [3.8, 4) is 0 Å². The minimum Gasteiger partial charge on any atom is -0.394 e. The first-order chi connectivity index (χ1) is 10.9. The lowest BCUT2D eigenvalue weighted by molar-refractivity contribution is -0.00539. The van der Waals surface area contributed by atoms with E-state index in [4.69, 9.17) is 9.84 Å². The fraction of sp³-hybridized carbons (Fsp3) is 0.562. The second-order valence-electron chi connectivity index (χ2n) is 6.01. The van der Waals surface area contributed by atoms with Gasteiger partial charge in [-0.15, -0.1) is 0 Å². The smallest absolute Gasteiger partial charge is 0.319 e. The molecule has 1 heterocycles. The summed E-state index contributed by atoms with van der Waals surface area (Å²) in [5.74, 6) is -0.390. The second-order valence-corrected chi connectivity index (χ2v) is 6.01. The molecule has 1 aliphatic heterocycles. The van der Waals surface area contributed by atoms with E-state index in [1.165, 1.54) is 6.07 Å². The molecule has 7 heteroatoms. The van der Waals surface area contributed by atoms with Crippen LogP contribution in [0.5, 0.6) is 0 Å². The zero-order valence-corrected chi connectivity index (χ0v) is 13.7. The van der Waals surface area contributed by atoms with Gasteiger partial charge in [0.25, 0.3) is 0 Å². The number of carbonyl (C=O) groups excluding carboxylic acids is 1. The molecule has 6 nitrogen and oxygen atoms in total. The van der Waals surface area contributed by atoms with Crippen molar-refractivity contribution >= 4 is 17.4 Å². The van der Waals surface area contributed by atoms with Crippen molar-refractivity contribution in [1.82, 2.24) is 5.32 Å². The zero-order valence-electron chi connectivity index (χ0n) is 13.7. The van der Waals surface area contributed by atoms with Gasteiger partial charge in [-0.3, -0.25) is 0 Å². The van der Waals surface area contributed by atoms with E-state index in [1.54, 1.807) is 19.1 Å². The van der Waals surface area contributed by atoms with E-state index in [9.17, 15) is 9.18 Å². The molecule has 0 radical (unpaired) electrons. The number of nitrogens with one attached hydrogen (secondary N) is 2. The van der Waals surface area contributed by atoms with Gasteiger partial charge in [-0.05, 0) is 39.0 Å². The molecule has 2 amide bonds. The van der Waals surface area contributed by atoms with Crippen LogP contribution in [0.4, 0.5) is 20.6 Å². The average molecular weight is 325 g/mol. The first-order valence-electron chi connectivity index (χ1n) is 7.77. The summed E-state index contributed by atoms with van der Waals surface area (Å²) in [6.45, 7) is 6.69. The molecule has 0 bridgehead atoms. The fourth-order valence-electron chi connectivity index (χ4n) is 2.65. The summed E-state index contributed by atoms with van der Waals surface area (Å²) in [6.07, 6.45) is 0.0865. The molecule has 128 valence electrons. The number of ether oxygens (including phenoxy) is 1. The number of carbonyl (C=O) groups is 1. The summed E-state index contributed by atoms with van der Waals surface area (Å²) in [7, 11) is 0. The highest BCUT2D eigenvalue weighted by molar-refractivity contribution is 5.89. The highest BCUT2D eigenvalue weighted by Crippen LogP contribution is 2.26. The molecule has 23 heavy (non-hydrogen) atoms. The molecule has 0 spiro atoms. The van der Waals surface area contributed by atoms with Crippen molar-refractivity contribution in [2.24, 2.45) is 0 Å². The second kappa shape index (κ2) is 7.61. The van der Waals surface area contributed by atoms with Gasteiger partial charge in [-0.25, -0.2) is 9.18 Å². The van der Waals surface area contributed by atoms with Crippen LogP contribution in [0.25, 0.3) is 0 Å². The number of benzene rings is 1. The first kappa shape index (κ1) is 17.5. The predicted octanol–water partition coefficient (Wildman–Crippen LogP) is 1.94. The Morgan fingerprint density at radius 1 is 1.43 bits per heavy atom. The van der Waals surface area contributed by atoms with Crippen LogP contribution in [-0.4, -0.2) is 49.1 Å². The lowest BCUT2D eigenvalue weighted by Gasteiger charge is -2.37. The van der Waals surface area contributed by atoms with Gasteiger partial charge in [0, 0.05) is 18.8 Å². The van der Waals surface area contributed by atoms with Crippen LogP contribution in [0.3, 0.4) is 0 Å². The molecule has 1 aliphatic rings. The minimum atomic E-state index is -0.479. The third-order valence-electron chi connectivity index (χ3n) is 3.62. The van der Waals surface area contributed by atoms with E-state index < -0.39 is 6.03 Å². The van der Waals surface area contributed by atoms with Crippen LogP contribution in [0.15, 0.2) is 18.2 Å². The molecule has 3 atom stereocenters. The third kappa shape index (κ3) is 4.80. The van der Waals surface area contributed by atoms with Gasteiger partial charge < -0.3 is 25.4 Å². The average Bonchev–Trinajstić information content (AvgIpc) is 2.45. The maximum Gasteiger partial charge on any atom is 0.319 e. The van der Waals surface area contributed by atoms with Crippen LogP contribution in [0.1, 0.15) is 20.8 Å². The Balaban J connectivity index is 2.04. The Morgan fingerprint density at radius 3 is 2.65 bits per heavy atom. The number of anilines is 2. The predicted molar refractivity (Wildman–Crippen MR) is 87.3 cm³/mol. The highest BCUT2D eigenvalue weighted by Gasteiger charge is 2.24. The third-order valence-corrected chi connectivity index (χ3v) is 3.62. The molecule has 2 rings (SSSR count). The molecule has 1 aromatic rings. The highest BCUT2D eigenvalue weighted by atomic mass is 19.1. The monoisotopic (exact) mass is 325 g/mol.